The number of benzene rings is 3. The standard InChI is InChI=1S/C51H55FN8O7S2/c1-25-29(5)69-49-41(25)43(56-42(26(2)50(65)66)46-58-57-30(6)60(46)49)33-14-12-32(13-15-33)37-19-18-36(21-38(37)52)67-23-40(62)55-45(51(7,8)9)48(64)59-22-35(61)20-39(59)47(63)54-27(3)31-10-16-34(17-11-31)44-28(4)53-24-68-44/h10-19,21,24,26-27,35,39,42,45,61H,20,22-23H2,1-9H3,(H,54,63)(H,55,62)(H,65,66)/t26?,27-,35+,39-,42-,45+/m0/s1. The van der Waals surface area contributed by atoms with Crippen molar-refractivity contribution in [1.29, 1.82) is 0 Å². The van der Waals surface area contributed by atoms with Crippen LogP contribution in [-0.4, -0.2) is 95.6 Å². The van der Waals surface area contributed by atoms with Crippen molar-refractivity contribution in [2.24, 2.45) is 16.3 Å². The Labute approximate surface area is 407 Å². The van der Waals surface area contributed by atoms with Crippen molar-refractivity contribution < 1.29 is 38.5 Å². The van der Waals surface area contributed by atoms with Gasteiger partial charge in [-0.05, 0) is 81.3 Å². The fraction of sp³-hybridized carbons (Fsp3) is 0.373. The third-order valence-corrected chi connectivity index (χ3v) is 15.1. The van der Waals surface area contributed by atoms with E-state index in [1.165, 1.54) is 11.0 Å². The number of aliphatic hydroxyl groups excluding tert-OH is 1. The summed E-state index contributed by atoms with van der Waals surface area (Å²) in [6.07, 6.45) is -0.898. The molecule has 2 aliphatic heterocycles. The Bertz CT molecular complexity index is 2970. The number of thiophene rings is 1. The van der Waals surface area contributed by atoms with Crippen LogP contribution in [0.1, 0.15) is 97.6 Å². The van der Waals surface area contributed by atoms with Gasteiger partial charge in [0.15, 0.2) is 12.4 Å². The summed E-state index contributed by atoms with van der Waals surface area (Å²) in [6, 6.07) is 16.1. The molecule has 0 radical (unpaired) electrons. The number of thiazole rings is 1. The SMILES string of the molecule is Cc1ncsc1-c1ccc([C@H](C)NC(=O)[C@@H]2C[C@@H](O)CN2C(=O)[C@@H](NC(=O)COc2ccc(-c3ccc(C4=N[C@@H](C(C)C(=O)O)c5nnc(C)n5-c5sc(C)c(C)c54)cc3)c(F)c2)C(C)(C)C)cc1. The number of hydrogen-bond acceptors (Lipinski definition) is 12. The van der Waals surface area contributed by atoms with Gasteiger partial charge in [0.25, 0.3) is 5.91 Å². The number of aryl methyl sites for hydroxylation is 3. The van der Waals surface area contributed by atoms with E-state index in [1.54, 1.807) is 80.1 Å². The summed E-state index contributed by atoms with van der Waals surface area (Å²) < 4.78 is 23.5. The van der Waals surface area contributed by atoms with Gasteiger partial charge in [-0.25, -0.2) is 9.37 Å². The fourth-order valence-corrected chi connectivity index (χ4v) is 10.8. The Hall–Kier alpha value is -6.63. The molecule has 2 aliphatic rings. The highest BCUT2D eigenvalue weighted by atomic mass is 32.1. The van der Waals surface area contributed by atoms with Crippen molar-refractivity contribution in [3.63, 3.8) is 0 Å². The number of likely N-dealkylation sites (tertiary alicyclic amines) is 1. The smallest absolute Gasteiger partial charge is 0.308 e. The van der Waals surface area contributed by atoms with Crippen LogP contribution >= 0.6 is 22.7 Å². The number of rotatable bonds is 13. The zero-order valence-corrected chi connectivity index (χ0v) is 41.5. The number of carbonyl (C=O) groups excluding carboxylic acids is 3. The van der Waals surface area contributed by atoms with Gasteiger partial charge in [-0.2, -0.15) is 0 Å². The van der Waals surface area contributed by atoms with Crippen LogP contribution in [0.15, 0.2) is 77.2 Å². The number of aromatic nitrogens is 4. The fourth-order valence-electron chi connectivity index (χ4n) is 8.81. The van der Waals surface area contributed by atoms with Crippen LogP contribution in [-0.2, 0) is 19.2 Å². The number of aliphatic hydroxyl groups is 1. The van der Waals surface area contributed by atoms with Crippen molar-refractivity contribution >= 4 is 52.1 Å². The summed E-state index contributed by atoms with van der Waals surface area (Å²) in [5, 5.41) is 36.0. The number of ether oxygens (including phenoxy) is 1. The highest BCUT2D eigenvalue weighted by Crippen LogP contribution is 2.41. The Morgan fingerprint density at radius 1 is 0.928 bits per heavy atom. The summed E-state index contributed by atoms with van der Waals surface area (Å²) in [7, 11) is 0. The lowest BCUT2D eigenvalue weighted by atomic mass is 9.85. The van der Waals surface area contributed by atoms with E-state index in [-0.39, 0.29) is 24.3 Å². The van der Waals surface area contributed by atoms with E-state index in [4.69, 9.17) is 9.73 Å². The number of hydrogen-bond donors (Lipinski definition) is 4. The molecule has 0 saturated carbocycles. The average molecular weight is 975 g/mol. The Morgan fingerprint density at radius 2 is 1.61 bits per heavy atom. The topological polar surface area (TPSA) is 201 Å². The number of aliphatic carboxylic acids is 1. The first-order chi connectivity index (χ1) is 32.7. The molecule has 0 bridgehead atoms. The molecular weight excluding hydrogens is 920 g/mol. The molecule has 1 fully saturated rings. The monoisotopic (exact) mass is 974 g/mol. The normalized spacial score (nSPS) is 18.0. The van der Waals surface area contributed by atoms with Crippen molar-refractivity contribution in [2.75, 3.05) is 13.2 Å². The average Bonchev–Trinajstić information content (AvgIpc) is 4.08. The van der Waals surface area contributed by atoms with Gasteiger partial charge in [0.05, 0.1) is 39.9 Å². The van der Waals surface area contributed by atoms with Crippen LogP contribution in [0.3, 0.4) is 0 Å². The van der Waals surface area contributed by atoms with E-state index in [0.29, 0.717) is 28.5 Å². The van der Waals surface area contributed by atoms with Gasteiger partial charge in [-0.1, -0.05) is 69.3 Å². The van der Waals surface area contributed by atoms with Crippen LogP contribution < -0.4 is 15.4 Å². The number of fused-ring (bicyclic) bond motifs is 3. The molecule has 0 aliphatic carbocycles. The third kappa shape index (κ3) is 9.83. The molecule has 360 valence electrons. The number of aliphatic imine (C=N–C) groups is 1. The van der Waals surface area contributed by atoms with Gasteiger partial charge in [0.1, 0.15) is 40.5 Å². The molecule has 6 aromatic rings. The number of carbonyl (C=O) groups is 4. The maximum Gasteiger partial charge on any atom is 0.308 e. The number of carboxylic acid groups (broad SMARTS) is 1. The molecule has 15 nitrogen and oxygen atoms in total. The van der Waals surface area contributed by atoms with E-state index >= 15 is 4.39 Å². The van der Waals surface area contributed by atoms with Gasteiger partial charge in [-0.15, -0.1) is 32.9 Å². The molecule has 8 rings (SSSR count). The lowest BCUT2D eigenvalue weighted by Crippen LogP contribution is -2.58. The second-order valence-electron chi connectivity index (χ2n) is 18.8. The van der Waals surface area contributed by atoms with Gasteiger partial charge in [0, 0.05) is 40.6 Å². The van der Waals surface area contributed by atoms with Crippen LogP contribution in [0.5, 0.6) is 5.75 Å². The quantitative estimate of drug-likeness (QED) is 0.0883. The van der Waals surface area contributed by atoms with E-state index in [2.05, 4.69) is 25.8 Å². The largest absolute Gasteiger partial charge is 0.484 e. The molecule has 4 N–H and O–H groups in total. The molecule has 69 heavy (non-hydrogen) atoms. The van der Waals surface area contributed by atoms with E-state index in [9.17, 15) is 29.4 Å². The first kappa shape index (κ1) is 48.8. The summed E-state index contributed by atoms with van der Waals surface area (Å²) in [5.41, 5.74) is 7.86. The summed E-state index contributed by atoms with van der Waals surface area (Å²) in [6.45, 7) is 16.0. The first-order valence-corrected chi connectivity index (χ1v) is 24.4. The lowest BCUT2D eigenvalue weighted by Gasteiger charge is -2.35. The second-order valence-corrected chi connectivity index (χ2v) is 20.9. The number of nitrogens with zero attached hydrogens (tertiary/aromatic N) is 6. The van der Waals surface area contributed by atoms with Crippen molar-refractivity contribution in [3.05, 3.63) is 123 Å². The number of β-amino-alcohol motifs (C(OH)–C–C–N with tert-alkyl or cyclic N) is 1. The van der Waals surface area contributed by atoms with Gasteiger partial charge < -0.3 is 30.5 Å². The summed E-state index contributed by atoms with van der Waals surface area (Å²) in [4.78, 5) is 66.5. The van der Waals surface area contributed by atoms with Gasteiger partial charge in [-0.3, -0.25) is 28.7 Å². The van der Waals surface area contributed by atoms with Crippen LogP contribution in [0.4, 0.5) is 4.39 Å². The highest BCUT2D eigenvalue weighted by molar-refractivity contribution is 7.15. The summed E-state index contributed by atoms with van der Waals surface area (Å²) >= 11 is 3.12. The predicted octanol–water partition coefficient (Wildman–Crippen LogP) is 7.85. The third-order valence-electron chi connectivity index (χ3n) is 12.9. The molecule has 18 heteroatoms. The first-order valence-electron chi connectivity index (χ1n) is 22.7. The molecule has 3 amide bonds. The number of carboxylic acids is 1. The number of nitrogens with one attached hydrogen (secondary N) is 2. The number of halogens is 1. The molecule has 1 saturated heterocycles. The van der Waals surface area contributed by atoms with E-state index in [1.807, 2.05) is 75.6 Å². The van der Waals surface area contributed by atoms with Crippen LogP contribution in [0.25, 0.3) is 26.6 Å². The second kappa shape index (κ2) is 19.4. The van der Waals surface area contributed by atoms with Crippen LogP contribution in [0, 0.1) is 44.8 Å². The van der Waals surface area contributed by atoms with Crippen molar-refractivity contribution in [2.45, 2.75) is 99.0 Å². The Morgan fingerprint density at radius 3 is 2.25 bits per heavy atom. The maximum atomic E-state index is 15.8. The minimum atomic E-state index is -1.09. The minimum absolute atomic E-state index is 0.0394. The molecule has 0 spiro atoms. The molecule has 1 unspecified atom stereocenters. The molecule has 6 atom stereocenters. The minimum Gasteiger partial charge on any atom is -0.484 e. The predicted molar refractivity (Wildman–Crippen MR) is 262 cm³/mol. The van der Waals surface area contributed by atoms with Gasteiger partial charge in [0.2, 0.25) is 11.8 Å². The highest BCUT2D eigenvalue weighted by Gasteiger charge is 2.45. The molecule has 3 aromatic carbocycles. The zero-order valence-electron chi connectivity index (χ0n) is 39.8. The molecular formula is C51H55FN8O7S2. The van der Waals surface area contributed by atoms with Crippen molar-refractivity contribution in [1.82, 2.24) is 35.3 Å². The zero-order chi connectivity index (χ0) is 49.6. The summed E-state index contributed by atoms with van der Waals surface area (Å²) in [5.74, 6) is -2.92. The Kier molecular flexibility index (Phi) is 13.7. The Balaban J connectivity index is 0.925. The van der Waals surface area contributed by atoms with Crippen molar-refractivity contribution in [3.8, 4) is 32.3 Å². The molecule has 3 aromatic heterocycles. The maximum absolute atomic E-state index is 15.8. The van der Waals surface area contributed by atoms with E-state index < -0.39 is 77.7 Å². The van der Waals surface area contributed by atoms with Gasteiger partial charge >= 0.3 is 5.97 Å². The number of amides is 3. The van der Waals surface area contributed by atoms with Crippen LogP contribution in [0.2, 0.25) is 0 Å². The molecule has 5 heterocycles. The lowest BCUT2D eigenvalue weighted by molar-refractivity contribution is -0.144. The van der Waals surface area contributed by atoms with E-state index in [0.717, 1.165) is 42.7 Å².